The van der Waals surface area contributed by atoms with Gasteiger partial charge < -0.3 is 10.6 Å². The number of halogens is 1. The lowest BCUT2D eigenvalue weighted by Crippen LogP contribution is -2.41. The predicted molar refractivity (Wildman–Crippen MR) is 79.5 cm³/mol. The molecule has 2 N–H and O–H groups in total. The minimum atomic E-state index is -0.696. The Labute approximate surface area is 125 Å². The van der Waals surface area contributed by atoms with Crippen LogP contribution in [0.4, 0.5) is 11.5 Å². The highest BCUT2D eigenvalue weighted by molar-refractivity contribution is 9.10. The summed E-state index contributed by atoms with van der Waals surface area (Å²) in [5.74, 6) is 0.0304. The van der Waals surface area contributed by atoms with E-state index in [9.17, 15) is 14.9 Å². The van der Waals surface area contributed by atoms with Gasteiger partial charge in [-0.1, -0.05) is 0 Å². The first-order valence-electron chi connectivity index (χ1n) is 6.10. The average Bonchev–Trinajstić information content (AvgIpc) is 2.37. The highest BCUT2D eigenvalue weighted by Gasteiger charge is 2.28. The van der Waals surface area contributed by atoms with Crippen LogP contribution in [0.1, 0.15) is 20.8 Å². The maximum atomic E-state index is 11.8. The van der Waals surface area contributed by atoms with Gasteiger partial charge in [0.25, 0.3) is 0 Å². The number of amides is 1. The van der Waals surface area contributed by atoms with Crippen molar-refractivity contribution in [1.82, 2.24) is 10.3 Å². The first-order valence-corrected chi connectivity index (χ1v) is 6.89. The summed E-state index contributed by atoms with van der Waals surface area (Å²) in [7, 11) is 0. The largest absolute Gasteiger partial charge is 0.363 e. The van der Waals surface area contributed by atoms with E-state index >= 15 is 0 Å². The van der Waals surface area contributed by atoms with Crippen molar-refractivity contribution in [3.63, 3.8) is 0 Å². The molecule has 0 atom stereocenters. The first kappa shape index (κ1) is 16.4. The van der Waals surface area contributed by atoms with Gasteiger partial charge in [-0.3, -0.25) is 14.9 Å². The molecule has 0 spiro atoms. The molecular weight excluding hydrogens is 328 g/mol. The zero-order valence-corrected chi connectivity index (χ0v) is 13.2. The van der Waals surface area contributed by atoms with Gasteiger partial charge in [0, 0.05) is 29.8 Å². The van der Waals surface area contributed by atoms with E-state index < -0.39 is 10.3 Å². The molecule has 0 saturated heterocycles. The molecule has 0 aliphatic heterocycles. The number of hydrogen-bond donors (Lipinski definition) is 2. The van der Waals surface area contributed by atoms with E-state index in [0.29, 0.717) is 11.0 Å². The van der Waals surface area contributed by atoms with Gasteiger partial charge in [0.1, 0.15) is 0 Å². The van der Waals surface area contributed by atoms with Crippen molar-refractivity contribution in [2.75, 3.05) is 18.4 Å². The molecule has 0 radical (unpaired) electrons. The molecule has 0 aliphatic carbocycles. The first-order chi connectivity index (χ1) is 9.27. The van der Waals surface area contributed by atoms with Gasteiger partial charge in [-0.15, -0.1) is 0 Å². The predicted octanol–water partition coefficient (Wildman–Crippen LogP) is 2.33. The summed E-state index contributed by atoms with van der Waals surface area (Å²) in [5.41, 5.74) is -0.829. The summed E-state index contributed by atoms with van der Waals surface area (Å²) in [6.45, 7) is 6.14. The number of anilines is 1. The number of carbonyl (C=O) groups excluding carboxylic acids is 1. The molecule has 1 amide bonds. The number of nitrogens with one attached hydrogen (secondary N) is 2. The van der Waals surface area contributed by atoms with Crippen LogP contribution >= 0.6 is 15.9 Å². The number of pyridine rings is 1. The molecule has 1 rings (SSSR count). The summed E-state index contributed by atoms with van der Waals surface area (Å²) < 4.78 is 0.526. The SMILES string of the molecule is CCNC(=O)C(C)(C)CNc1ncc(Br)cc1[N+](=O)[O-]. The maximum absolute atomic E-state index is 11.8. The topological polar surface area (TPSA) is 97.2 Å². The van der Waals surface area contributed by atoms with E-state index in [1.54, 1.807) is 13.8 Å². The highest BCUT2D eigenvalue weighted by Crippen LogP contribution is 2.26. The Balaban J connectivity index is 2.84. The molecule has 110 valence electrons. The maximum Gasteiger partial charge on any atom is 0.312 e. The third-order valence-electron chi connectivity index (χ3n) is 2.68. The molecule has 1 aromatic rings. The second kappa shape index (κ2) is 6.65. The minimum absolute atomic E-state index is 0.118. The molecule has 0 fully saturated rings. The fourth-order valence-electron chi connectivity index (χ4n) is 1.49. The van der Waals surface area contributed by atoms with Crippen LogP contribution in [0.15, 0.2) is 16.7 Å². The number of nitrogens with zero attached hydrogens (tertiary/aromatic N) is 2. The Morgan fingerprint density at radius 2 is 2.20 bits per heavy atom. The van der Waals surface area contributed by atoms with E-state index in [1.807, 2.05) is 6.92 Å². The number of aromatic nitrogens is 1. The van der Waals surface area contributed by atoms with E-state index in [2.05, 4.69) is 31.5 Å². The van der Waals surface area contributed by atoms with Gasteiger partial charge in [0.2, 0.25) is 11.7 Å². The van der Waals surface area contributed by atoms with E-state index in [-0.39, 0.29) is 24.0 Å². The molecule has 0 aliphatic rings. The summed E-state index contributed by atoms with van der Waals surface area (Å²) in [6, 6.07) is 1.37. The van der Waals surface area contributed by atoms with Crippen LogP contribution in [0.25, 0.3) is 0 Å². The lowest BCUT2D eigenvalue weighted by atomic mass is 9.92. The van der Waals surface area contributed by atoms with Gasteiger partial charge in [-0.2, -0.15) is 0 Å². The Kier molecular flexibility index (Phi) is 5.43. The standard InChI is InChI=1S/C12H17BrN4O3/c1-4-14-11(18)12(2,3)7-16-10-9(17(19)20)5-8(13)6-15-10/h5-6H,4,7H2,1-3H3,(H,14,18)(H,15,16). The normalized spacial score (nSPS) is 11.0. The third kappa shape index (κ3) is 4.16. The molecule has 0 unspecified atom stereocenters. The Hall–Kier alpha value is -1.70. The van der Waals surface area contributed by atoms with Crippen molar-refractivity contribution in [3.05, 3.63) is 26.9 Å². The minimum Gasteiger partial charge on any atom is -0.363 e. The van der Waals surface area contributed by atoms with Gasteiger partial charge in [-0.05, 0) is 36.7 Å². The number of carbonyl (C=O) groups is 1. The fourth-order valence-corrected chi connectivity index (χ4v) is 1.81. The lowest BCUT2D eigenvalue weighted by Gasteiger charge is -2.23. The second-order valence-corrected chi connectivity index (χ2v) is 5.79. The zero-order chi connectivity index (χ0) is 15.3. The second-order valence-electron chi connectivity index (χ2n) is 4.88. The zero-order valence-electron chi connectivity index (χ0n) is 11.6. The summed E-state index contributed by atoms with van der Waals surface area (Å²) >= 11 is 3.14. The van der Waals surface area contributed by atoms with Crippen molar-refractivity contribution in [2.24, 2.45) is 5.41 Å². The molecular formula is C12H17BrN4O3. The Morgan fingerprint density at radius 1 is 1.55 bits per heavy atom. The average molecular weight is 345 g/mol. The van der Waals surface area contributed by atoms with Crippen LogP contribution in [0.5, 0.6) is 0 Å². The summed E-state index contributed by atoms with van der Waals surface area (Å²) in [4.78, 5) is 26.3. The molecule has 0 bridgehead atoms. The molecule has 0 saturated carbocycles. The van der Waals surface area contributed by atoms with Crippen LogP contribution in [0.3, 0.4) is 0 Å². The molecule has 8 heteroatoms. The Bertz CT molecular complexity index is 519. The van der Waals surface area contributed by atoms with Crippen LogP contribution in [0.2, 0.25) is 0 Å². The van der Waals surface area contributed by atoms with Crippen molar-refractivity contribution < 1.29 is 9.72 Å². The quantitative estimate of drug-likeness (QED) is 0.609. The van der Waals surface area contributed by atoms with E-state index in [0.717, 1.165) is 0 Å². The highest BCUT2D eigenvalue weighted by atomic mass is 79.9. The smallest absolute Gasteiger partial charge is 0.312 e. The Morgan fingerprint density at radius 3 is 2.75 bits per heavy atom. The lowest BCUT2D eigenvalue weighted by molar-refractivity contribution is -0.384. The van der Waals surface area contributed by atoms with Gasteiger partial charge >= 0.3 is 5.69 Å². The number of hydrogen-bond acceptors (Lipinski definition) is 5. The summed E-state index contributed by atoms with van der Waals surface area (Å²) in [6.07, 6.45) is 1.47. The summed E-state index contributed by atoms with van der Waals surface area (Å²) in [5, 5.41) is 16.6. The number of nitro groups is 1. The molecule has 7 nitrogen and oxygen atoms in total. The van der Waals surface area contributed by atoms with E-state index in [1.165, 1.54) is 12.3 Å². The van der Waals surface area contributed by atoms with Crippen molar-refractivity contribution >= 4 is 33.3 Å². The van der Waals surface area contributed by atoms with Gasteiger partial charge in [0.15, 0.2) is 0 Å². The molecule has 1 aromatic heterocycles. The van der Waals surface area contributed by atoms with Crippen molar-refractivity contribution in [3.8, 4) is 0 Å². The van der Waals surface area contributed by atoms with Gasteiger partial charge in [0.05, 0.1) is 10.3 Å². The monoisotopic (exact) mass is 344 g/mol. The van der Waals surface area contributed by atoms with Crippen molar-refractivity contribution in [2.45, 2.75) is 20.8 Å². The third-order valence-corrected chi connectivity index (χ3v) is 3.11. The van der Waals surface area contributed by atoms with Crippen LogP contribution in [-0.4, -0.2) is 28.9 Å². The van der Waals surface area contributed by atoms with Crippen LogP contribution < -0.4 is 10.6 Å². The van der Waals surface area contributed by atoms with Crippen molar-refractivity contribution in [1.29, 1.82) is 0 Å². The molecule has 0 aromatic carbocycles. The molecule has 1 heterocycles. The number of rotatable bonds is 6. The van der Waals surface area contributed by atoms with E-state index in [4.69, 9.17) is 0 Å². The van der Waals surface area contributed by atoms with Gasteiger partial charge in [-0.25, -0.2) is 4.98 Å². The van der Waals surface area contributed by atoms with Crippen LogP contribution in [0, 0.1) is 15.5 Å². The fraction of sp³-hybridized carbons (Fsp3) is 0.500. The molecule has 20 heavy (non-hydrogen) atoms. The van der Waals surface area contributed by atoms with Crippen LogP contribution in [-0.2, 0) is 4.79 Å².